The first-order valence-electron chi connectivity index (χ1n) is 9.36. The first-order chi connectivity index (χ1) is 14.1. The summed E-state index contributed by atoms with van der Waals surface area (Å²) in [6, 6.07) is 10.3. The van der Waals surface area contributed by atoms with E-state index in [1.165, 1.54) is 6.07 Å². The lowest BCUT2D eigenvalue weighted by atomic mass is 10.1. The summed E-state index contributed by atoms with van der Waals surface area (Å²) in [5.74, 6) is -0.0879. The topological polar surface area (TPSA) is 50.8 Å². The Bertz CT molecular complexity index is 895. The van der Waals surface area contributed by atoms with E-state index in [0.717, 1.165) is 16.6 Å². The van der Waals surface area contributed by atoms with Gasteiger partial charge in [0.2, 0.25) is 0 Å². The van der Waals surface area contributed by atoms with Gasteiger partial charge < -0.3 is 19.7 Å². The van der Waals surface area contributed by atoms with Gasteiger partial charge in [0.05, 0.1) is 30.2 Å². The molecule has 1 saturated heterocycles. The maximum Gasteiger partial charge on any atom is 0.416 e. The number of carbonyl (C=O) groups is 1. The number of carbonyl (C=O) groups excluding carboxylic acids is 1. The number of ether oxygens (including phenoxy) is 2. The molecule has 0 aromatic heterocycles. The van der Waals surface area contributed by atoms with E-state index in [2.05, 4.69) is 21.2 Å². The van der Waals surface area contributed by atoms with Gasteiger partial charge in [0.25, 0.3) is 5.91 Å². The summed E-state index contributed by atoms with van der Waals surface area (Å²) in [6.07, 6.45) is -4.52. The van der Waals surface area contributed by atoms with Crippen LogP contribution in [0.4, 0.5) is 24.5 Å². The lowest BCUT2D eigenvalue weighted by Crippen LogP contribution is -2.43. The van der Waals surface area contributed by atoms with Crippen LogP contribution < -0.4 is 15.0 Å². The highest BCUT2D eigenvalue weighted by atomic mass is 79.9. The molecule has 0 saturated carbocycles. The molecule has 1 aliphatic heterocycles. The quantitative estimate of drug-likeness (QED) is 0.638. The zero-order valence-corrected chi connectivity index (χ0v) is 18.1. The van der Waals surface area contributed by atoms with Gasteiger partial charge in [0.1, 0.15) is 5.75 Å². The number of morpholine rings is 1. The van der Waals surface area contributed by atoms with E-state index in [4.69, 9.17) is 9.47 Å². The Balaban J connectivity index is 1.86. The minimum atomic E-state index is -4.52. The molecule has 2 aromatic rings. The van der Waals surface area contributed by atoms with Crippen molar-refractivity contribution in [2.45, 2.75) is 25.6 Å². The van der Waals surface area contributed by atoms with Crippen LogP contribution in [-0.2, 0) is 15.7 Å². The number of rotatable bonds is 5. The van der Waals surface area contributed by atoms with Crippen molar-refractivity contribution in [3.63, 3.8) is 0 Å². The van der Waals surface area contributed by atoms with E-state index < -0.39 is 23.2 Å². The number of hydrogen-bond donors (Lipinski definition) is 1. The van der Waals surface area contributed by atoms with Crippen molar-refractivity contribution in [1.82, 2.24) is 0 Å². The van der Waals surface area contributed by atoms with Crippen LogP contribution in [0.5, 0.6) is 5.75 Å². The van der Waals surface area contributed by atoms with Crippen molar-refractivity contribution in [2.75, 3.05) is 36.5 Å². The number of halogens is 4. The summed E-state index contributed by atoms with van der Waals surface area (Å²) < 4.78 is 51.7. The number of anilines is 2. The van der Waals surface area contributed by atoms with Crippen LogP contribution in [0.25, 0.3) is 0 Å². The van der Waals surface area contributed by atoms with Crippen LogP contribution in [0.1, 0.15) is 19.4 Å². The Morgan fingerprint density at radius 3 is 2.33 bits per heavy atom. The van der Waals surface area contributed by atoms with E-state index >= 15 is 0 Å². The Morgan fingerprint density at radius 1 is 1.10 bits per heavy atom. The maximum atomic E-state index is 13.3. The fourth-order valence-corrected chi connectivity index (χ4v) is 3.27. The van der Waals surface area contributed by atoms with Crippen molar-refractivity contribution >= 4 is 33.2 Å². The molecule has 0 atom stereocenters. The predicted molar refractivity (Wildman–Crippen MR) is 112 cm³/mol. The second kappa shape index (κ2) is 8.85. The number of alkyl halides is 3. The fraction of sp³-hybridized carbons (Fsp3) is 0.381. The number of amides is 1. The van der Waals surface area contributed by atoms with E-state index in [0.29, 0.717) is 37.7 Å². The molecule has 1 heterocycles. The zero-order chi connectivity index (χ0) is 21.9. The lowest BCUT2D eigenvalue weighted by Gasteiger charge is -2.32. The van der Waals surface area contributed by atoms with Crippen molar-refractivity contribution in [2.24, 2.45) is 0 Å². The molecule has 30 heavy (non-hydrogen) atoms. The van der Waals surface area contributed by atoms with Gasteiger partial charge in [-0.1, -0.05) is 15.9 Å². The standard InChI is InChI=1S/C21H22BrF3N2O3/c1-20(2,30-16-6-4-15(22)5-7-16)19(28)26-17-13-14(21(23,24)25)3-8-18(17)27-9-11-29-12-10-27/h3-8,13H,9-12H2,1-2H3,(H,26,28). The van der Waals surface area contributed by atoms with Gasteiger partial charge in [0.15, 0.2) is 5.60 Å². The number of nitrogens with one attached hydrogen (secondary N) is 1. The Labute approximate surface area is 181 Å². The highest BCUT2D eigenvalue weighted by Gasteiger charge is 2.34. The Hall–Kier alpha value is -2.26. The second-order valence-electron chi connectivity index (χ2n) is 7.35. The molecule has 1 amide bonds. The average Bonchev–Trinajstić information content (AvgIpc) is 2.69. The van der Waals surface area contributed by atoms with Gasteiger partial charge in [-0.3, -0.25) is 4.79 Å². The van der Waals surface area contributed by atoms with Crippen LogP contribution in [-0.4, -0.2) is 37.8 Å². The van der Waals surface area contributed by atoms with Crippen molar-refractivity contribution in [1.29, 1.82) is 0 Å². The molecule has 0 aliphatic carbocycles. The van der Waals surface area contributed by atoms with Gasteiger partial charge in [-0.05, 0) is 56.3 Å². The molecule has 1 fully saturated rings. The third-order valence-electron chi connectivity index (χ3n) is 4.66. The average molecular weight is 487 g/mol. The van der Waals surface area contributed by atoms with Gasteiger partial charge in [-0.25, -0.2) is 0 Å². The Morgan fingerprint density at radius 2 is 1.73 bits per heavy atom. The van der Waals surface area contributed by atoms with Crippen LogP contribution >= 0.6 is 15.9 Å². The van der Waals surface area contributed by atoms with Gasteiger partial charge in [-0.15, -0.1) is 0 Å². The summed E-state index contributed by atoms with van der Waals surface area (Å²) in [6.45, 7) is 5.10. The maximum absolute atomic E-state index is 13.3. The van der Waals surface area contributed by atoms with Crippen LogP contribution in [0.15, 0.2) is 46.9 Å². The lowest BCUT2D eigenvalue weighted by molar-refractivity contribution is -0.137. The van der Waals surface area contributed by atoms with Crippen molar-refractivity contribution < 1.29 is 27.4 Å². The van der Waals surface area contributed by atoms with Crippen LogP contribution in [0, 0.1) is 0 Å². The van der Waals surface area contributed by atoms with Crippen LogP contribution in [0.3, 0.4) is 0 Å². The monoisotopic (exact) mass is 486 g/mol. The molecule has 1 aliphatic rings. The molecule has 2 aromatic carbocycles. The molecule has 1 N–H and O–H groups in total. The normalized spacial score (nSPS) is 15.1. The smallest absolute Gasteiger partial charge is 0.416 e. The van der Waals surface area contributed by atoms with Crippen molar-refractivity contribution in [3.05, 3.63) is 52.5 Å². The van der Waals surface area contributed by atoms with E-state index in [9.17, 15) is 18.0 Å². The van der Waals surface area contributed by atoms with Gasteiger partial charge in [0, 0.05) is 17.6 Å². The van der Waals surface area contributed by atoms with E-state index in [1.54, 1.807) is 38.1 Å². The fourth-order valence-electron chi connectivity index (χ4n) is 3.01. The summed E-state index contributed by atoms with van der Waals surface area (Å²) in [4.78, 5) is 14.8. The van der Waals surface area contributed by atoms with Gasteiger partial charge >= 0.3 is 6.18 Å². The van der Waals surface area contributed by atoms with Crippen LogP contribution in [0.2, 0.25) is 0 Å². The largest absolute Gasteiger partial charge is 0.478 e. The van der Waals surface area contributed by atoms with Gasteiger partial charge in [-0.2, -0.15) is 13.2 Å². The minimum absolute atomic E-state index is 0.0872. The molecule has 0 bridgehead atoms. The third kappa shape index (κ3) is 5.46. The summed E-state index contributed by atoms with van der Waals surface area (Å²) >= 11 is 3.33. The number of benzene rings is 2. The molecule has 0 unspecified atom stereocenters. The first-order valence-corrected chi connectivity index (χ1v) is 10.2. The minimum Gasteiger partial charge on any atom is -0.478 e. The first kappa shape index (κ1) is 22.4. The second-order valence-corrected chi connectivity index (χ2v) is 8.27. The molecular formula is C21H22BrF3N2O3. The summed E-state index contributed by atoms with van der Waals surface area (Å²) in [5.41, 5.74) is -1.55. The highest BCUT2D eigenvalue weighted by molar-refractivity contribution is 9.10. The molecule has 3 rings (SSSR count). The predicted octanol–water partition coefficient (Wildman–Crippen LogP) is 5.10. The molecule has 0 radical (unpaired) electrons. The molecule has 0 spiro atoms. The Kier molecular flexibility index (Phi) is 6.62. The molecular weight excluding hydrogens is 465 g/mol. The zero-order valence-electron chi connectivity index (χ0n) is 16.6. The molecule has 5 nitrogen and oxygen atoms in total. The van der Waals surface area contributed by atoms with Crippen molar-refractivity contribution in [3.8, 4) is 5.75 Å². The van der Waals surface area contributed by atoms with E-state index in [-0.39, 0.29) is 5.69 Å². The molecule has 162 valence electrons. The third-order valence-corrected chi connectivity index (χ3v) is 5.19. The van der Waals surface area contributed by atoms with E-state index in [1.807, 2.05) is 4.90 Å². The SMILES string of the molecule is CC(C)(Oc1ccc(Br)cc1)C(=O)Nc1cc(C(F)(F)F)ccc1N1CCOCC1. The summed E-state index contributed by atoms with van der Waals surface area (Å²) in [5, 5.41) is 2.64. The summed E-state index contributed by atoms with van der Waals surface area (Å²) in [7, 11) is 0. The number of hydrogen-bond acceptors (Lipinski definition) is 4. The highest BCUT2D eigenvalue weighted by Crippen LogP contribution is 2.36. The number of nitrogens with zero attached hydrogens (tertiary/aromatic N) is 1. The molecule has 9 heteroatoms.